The molecule has 2 heterocycles. The largest absolute Gasteiger partial charge is 0.497 e. The molecule has 0 aliphatic carbocycles. The maximum absolute atomic E-state index is 12.4. The molecule has 0 bridgehead atoms. The highest BCUT2D eigenvalue weighted by Crippen LogP contribution is 2.24. The summed E-state index contributed by atoms with van der Waals surface area (Å²) in [5, 5.41) is 3.08. The van der Waals surface area contributed by atoms with Gasteiger partial charge in [0.25, 0.3) is 5.56 Å². The lowest BCUT2D eigenvalue weighted by Gasteiger charge is -2.09. The molecule has 0 aliphatic rings. The van der Waals surface area contributed by atoms with Crippen molar-refractivity contribution < 1.29 is 14.3 Å². The molecule has 4 rings (SSSR count). The van der Waals surface area contributed by atoms with Crippen molar-refractivity contribution in [2.45, 2.75) is 19.0 Å². The number of rotatable bonds is 6. The van der Waals surface area contributed by atoms with Gasteiger partial charge in [-0.3, -0.25) is 14.7 Å². The van der Waals surface area contributed by atoms with Crippen LogP contribution in [0.3, 0.4) is 0 Å². The van der Waals surface area contributed by atoms with Crippen LogP contribution in [-0.4, -0.2) is 38.4 Å². The number of ether oxygens (including phenoxy) is 2. The first-order chi connectivity index (χ1) is 14.9. The number of carbonyl (C=O) groups is 1. The van der Waals surface area contributed by atoms with Crippen molar-refractivity contribution in [2.75, 3.05) is 12.9 Å². The van der Waals surface area contributed by atoms with E-state index in [4.69, 9.17) is 9.47 Å². The minimum Gasteiger partial charge on any atom is -0.497 e. The molecule has 158 valence electrons. The molecule has 9 heteroatoms. The number of aromatic amines is 1. The van der Waals surface area contributed by atoms with Gasteiger partial charge >= 0.3 is 5.97 Å². The fraction of sp³-hybridized carbons (Fsp3) is 0.182. The third-order valence-corrected chi connectivity index (χ3v) is 5.47. The molecule has 1 N–H and O–H groups in total. The number of nitrogens with one attached hydrogen (secondary N) is 1. The molecule has 2 aromatic carbocycles. The normalized spacial score (nSPS) is 10.9. The van der Waals surface area contributed by atoms with Gasteiger partial charge < -0.3 is 9.47 Å². The Morgan fingerprint density at radius 2 is 1.87 bits per heavy atom. The van der Waals surface area contributed by atoms with E-state index in [-0.39, 0.29) is 11.3 Å². The standard InChI is InChI=1S/C22H20N4O4S/c1-13-4-5-14(2)17(10-13)30-20(28)12-31-22-24-21(15-6-8-16(29-3)9-7-15)23-18-11-19(27)25-26(18)22/h4-11H,12H2,1-3H3,(H,25,27). The number of hydrogen-bond donors (Lipinski definition) is 1. The number of benzene rings is 2. The van der Waals surface area contributed by atoms with Crippen LogP contribution < -0.4 is 15.0 Å². The highest BCUT2D eigenvalue weighted by atomic mass is 32.2. The molecule has 0 amide bonds. The highest BCUT2D eigenvalue weighted by Gasteiger charge is 2.15. The number of aryl methyl sites for hydroxylation is 2. The van der Waals surface area contributed by atoms with E-state index in [1.807, 2.05) is 44.2 Å². The van der Waals surface area contributed by atoms with Crippen molar-refractivity contribution in [3.63, 3.8) is 0 Å². The number of nitrogens with zero attached hydrogens (tertiary/aromatic N) is 3. The van der Waals surface area contributed by atoms with Crippen LogP contribution in [0.15, 0.2) is 58.5 Å². The number of H-pyrrole nitrogens is 1. The monoisotopic (exact) mass is 436 g/mol. The van der Waals surface area contributed by atoms with E-state index in [2.05, 4.69) is 15.1 Å². The second-order valence-electron chi connectivity index (χ2n) is 6.90. The Bertz CT molecular complexity index is 1310. The quantitative estimate of drug-likeness (QED) is 0.281. The van der Waals surface area contributed by atoms with Crippen molar-refractivity contribution in [1.82, 2.24) is 19.6 Å². The van der Waals surface area contributed by atoms with Gasteiger partial charge in [-0.05, 0) is 55.3 Å². The van der Waals surface area contributed by atoms with Crippen LogP contribution in [0.1, 0.15) is 11.1 Å². The molecule has 0 atom stereocenters. The third kappa shape index (κ3) is 4.61. The first-order valence-corrected chi connectivity index (χ1v) is 10.5. The van der Waals surface area contributed by atoms with Crippen LogP contribution in [0.4, 0.5) is 0 Å². The van der Waals surface area contributed by atoms with Crippen molar-refractivity contribution in [3.8, 4) is 22.9 Å². The molecule has 0 radical (unpaired) electrons. The Morgan fingerprint density at radius 3 is 2.61 bits per heavy atom. The number of aromatic nitrogens is 4. The van der Waals surface area contributed by atoms with Gasteiger partial charge in [-0.15, -0.1) is 0 Å². The predicted octanol–water partition coefficient (Wildman–Crippen LogP) is 3.41. The Morgan fingerprint density at radius 1 is 1.10 bits per heavy atom. The van der Waals surface area contributed by atoms with E-state index in [0.717, 1.165) is 28.5 Å². The molecule has 0 saturated heterocycles. The Balaban J connectivity index is 1.59. The number of fused-ring (bicyclic) bond motifs is 1. The van der Waals surface area contributed by atoms with Gasteiger partial charge in [0.05, 0.1) is 12.9 Å². The fourth-order valence-corrected chi connectivity index (χ4v) is 3.67. The van der Waals surface area contributed by atoms with E-state index in [0.29, 0.717) is 28.1 Å². The Hall–Kier alpha value is -3.59. The molecule has 0 unspecified atom stereocenters. The lowest BCUT2D eigenvalue weighted by Crippen LogP contribution is -2.13. The molecular weight excluding hydrogens is 416 g/mol. The Labute approximate surface area is 182 Å². The fourth-order valence-electron chi connectivity index (χ4n) is 2.94. The number of carbonyl (C=O) groups excluding carboxylic acids is 1. The summed E-state index contributed by atoms with van der Waals surface area (Å²) < 4.78 is 12.2. The molecule has 0 saturated carbocycles. The molecule has 31 heavy (non-hydrogen) atoms. The Kier molecular flexibility index (Phi) is 5.77. The van der Waals surface area contributed by atoms with Crippen LogP contribution in [0, 0.1) is 13.8 Å². The maximum atomic E-state index is 12.4. The number of hydrogen-bond acceptors (Lipinski definition) is 7. The van der Waals surface area contributed by atoms with E-state index < -0.39 is 5.97 Å². The van der Waals surface area contributed by atoms with Crippen LogP contribution in [0.5, 0.6) is 11.5 Å². The number of thioether (sulfide) groups is 1. The van der Waals surface area contributed by atoms with Gasteiger partial charge in [0.2, 0.25) is 0 Å². The van der Waals surface area contributed by atoms with Gasteiger partial charge in [0, 0.05) is 11.6 Å². The van der Waals surface area contributed by atoms with Crippen LogP contribution in [0.25, 0.3) is 17.0 Å². The SMILES string of the molecule is COc1ccc(-c2nc(SCC(=O)Oc3cc(C)ccc3C)n3[nH]c(=O)cc3n2)cc1. The van der Waals surface area contributed by atoms with Gasteiger partial charge in [-0.25, -0.2) is 14.5 Å². The number of methoxy groups -OCH3 is 1. The summed E-state index contributed by atoms with van der Waals surface area (Å²) in [6, 6.07) is 14.4. The molecule has 2 aromatic heterocycles. The lowest BCUT2D eigenvalue weighted by atomic mass is 10.1. The number of esters is 1. The summed E-state index contributed by atoms with van der Waals surface area (Å²) in [7, 11) is 1.59. The molecular formula is C22H20N4O4S. The second-order valence-corrected chi connectivity index (χ2v) is 7.85. The zero-order valence-electron chi connectivity index (χ0n) is 17.2. The van der Waals surface area contributed by atoms with Crippen molar-refractivity contribution >= 4 is 23.4 Å². The smallest absolute Gasteiger partial charge is 0.321 e. The molecule has 0 aliphatic heterocycles. The summed E-state index contributed by atoms with van der Waals surface area (Å²) in [6.07, 6.45) is 0. The summed E-state index contributed by atoms with van der Waals surface area (Å²) in [5.74, 6) is 1.29. The van der Waals surface area contributed by atoms with Gasteiger partial charge in [0.15, 0.2) is 16.6 Å². The van der Waals surface area contributed by atoms with Crippen LogP contribution in [-0.2, 0) is 4.79 Å². The van der Waals surface area contributed by atoms with Crippen molar-refractivity contribution in [3.05, 3.63) is 70.0 Å². The first kappa shape index (κ1) is 20.7. The van der Waals surface area contributed by atoms with Crippen molar-refractivity contribution in [2.24, 2.45) is 0 Å². The van der Waals surface area contributed by atoms with Gasteiger partial charge in [-0.1, -0.05) is 23.9 Å². The summed E-state index contributed by atoms with van der Waals surface area (Å²) in [6.45, 7) is 3.82. The van der Waals surface area contributed by atoms with Crippen LogP contribution >= 0.6 is 11.8 Å². The third-order valence-electron chi connectivity index (χ3n) is 4.56. The highest BCUT2D eigenvalue weighted by molar-refractivity contribution is 7.99. The second kappa shape index (κ2) is 8.65. The van der Waals surface area contributed by atoms with E-state index in [9.17, 15) is 9.59 Å². The summed E-state index contributed by atoms with van der Waals surface area (Å²) in [5.41, 5.74) is 2.76. The predicted molar refractivity (Wildman–Crippen MR) is 118 cm³/mol. The zero-order chi connectivity index (χ0) is 22.0. The van der Waals surface area contributed by atoms with E-state index in [1.54, 1.807) is 19.2 Å². The van der Waals surface area contributed by atoms with Crippen LogP contribution in [0.2, 0.25) is 0 Å². The average Bonchev–Trinajstić information content (AvgIpc) is 3.15. The van der Waals surface area contributed by atoms with Gasteiger partial charge in [-0.2, -0.15) is 0 Å². The molecule has 4 aromatic rings. The molecule has 0 spiro atoms. The average molecular weight is 436 g/mol. The minimum absolute atomic E-state index is 0.0156. The lowest BCUT2D eigenvalue weighted by molar-refractivity contribution is -0.131. The molecule has 0 fully saturated rings. The zero-order valence-corrected chi connectivity index (χ0v) is 18.0. The maximum Gasteiger partial charge on any atom is 0.321 e. The summed E-state index contributed by atoms with van der Waals surface area (Å²) in [4.78, 5) is 33.3. The first-order valence-electron chi connectivity index (χ1n) is 9.48. The van der Waals surface area contributed by atoms with E-state index >= 15 is 0 Å². The summed E-state index contributed by atoms with van der Waals surface area (Å²) >= 11 is 1.16. The van der Waals surface area contributed by atoms with Crippen molar-refractivity contribution in [1.29, 1.82) is 0 Å². The topological polar surface area (TPSA) is 98.6 Å². The molecule has 8 nitrogen and oxygen atoms in total. The van der Waals surface area contributed by atoms with E-state index in [1.165, 1.54) is 10.6 Å². The minimum atomic E-state index is -0.411. The van der Waals surface area contributed by atoms with Gasteiger partial charge in [0.1, 0.15) is 11.5 Å².